The Hall–Kier alpha value is -7.76. The molecule has 0 N–H and O–H groups in total. The number of nitrogens with zero attached hydrogens (tertiary/aromatic N) is 3. The summed E-state index contributed by atoms with van der Waals surface area (Å²) in [6, 6.07) is 62.4. The second kappa shape index (κ2) is 16.4. The highest BCUT2D eigenvalue weighted by Crippen LogP contribution is 2.51. The molecular weight excluding hydrogens is 910 g/mol. The van der Waals surface area contributed by atoms with E-state index in [2.05, 4.69) is 268 Å². The summed E-state index contributed by atoms with van der Waals surface area (Å²) in [5, 5.41) is 4.84. The van der Waals surface area contributed by atoms with E-state index >= 15 is 0 Å². The predicted molar refractivity (Wildman–Crippen MR) is 323 cm³/mol. The molecule has 0 atom stereocenters. The van der Waals surface area contributed by atoms with E-state index in [0.717, 1.165) is 27.6 Å². The van der Waals surface area contributed by atoms with Gasteiger partial charge in [0.1, 0.15) is 11.2 Å². The predicted octanol–water partition coefficient (Wildman–Crippen LogP) is 17.6. The molecule has 0 bridgehead atoms. The summed E-state index contributed by atoms with van der Waals surface area (Å²) in [5.41, 5.74) is 27.8. The molecule has 75 heavy (non-hydrogen) atoms. The van der Waals surface area contributed by atoms with Gasteiger partial charge >= 0.3 is 0 Å². The third kappa shape index (κ3) is 7.17. The number of aryl methyl sites for hydroxylation is 4. The Morgan fingerprint density at radius 3 is 1.64 bits per heavy atom. The van der Waals surface area contributed by atoms with Crippen molar-refractivity contribution in [3.63, 3.8) is 0 Å². The Morgan fingerprint density at radius 2 is 0.960 bits per heavy atom. The Labute approximate surface area is 443 Å². The molecule has 11 aromatic rings. The molecule has 5 heteroatoms. The highest BCUT2D eigenvalue weighted by atomic mass is 16.3. The van der Waals surface area contributed by atoms with Gasteiger partial charge in [0.2, 0.25) is 0 Å². The molecule has 2 aromatic heterocycles. The maximum atomic E-state index is 6.46. The zero-order valence-corrected chi connectivity index (χ0v) is 45.9. The molecule has 0 aliphatic carbocycles. The van der Waals surface area contributed by atoms with Gasteiger partial charge in [0, 0.05) is 50.0 Å². The second-order valence-electron chi connectivity index (χ2n) is 24.9. The third-order valence-corrected chi connectivity index (χ3v) is 16.7. The molecule has 4 heterocycles. The molecule has 0 saturated heterocycles. The number of hydrogen-bond donors (Lipinski definition) is 0. The first-order valence-corrected chi connectivity index (χ1v) is 27.0. The molecule has 2 aliphatic heterocycles. The molecule has 4 nitrogen and oxygen atoms in total. The number of rotatable bonds is 4. The first-order valence-electron chi connectivity index (χ1n) is 27.0. The van der Waals surface area contributed by atoms with Crippen LogP contribution in [0.5, 0.6) is 0 Å². The van der Waals surface area contributed by atoms with Crippen LogP contribution in [0.4, 0.5) is 34.1 Å². The summed E-state index contributed by atoms with van der Waals surface area (Å²) in [5.74, 6) is 0. The fourth-order valence-electron chi connectivity index (χ4n) is 12.9. The summed E-state index contributed by atoms with van der Waals surface area (Å²) >= 11 is 0. The van der Waals surface area contributed by atoms with Gasteiger partial charge in [0.05, 0.1) is 22.4 Å². The minimum Gasteiger partial charge on any atom is -0.456 e. The van der Waals surface area contributed by atoms with Crippen LogP contribution < -0.4 is 26.2 Å². The van der Waals surface area contributed by atoms with E-state index in [9.17, 15) is 0 Å². The van der Waals surface area contributed by atoms with Crippen LogP contribution in [-0.4, -0.2) is 11.3 Å². The topological polar surface area (TPSA) is 24.6 Å². The summed E-state index contributed by atoms with van der Waals surface area (Å²) in [6.07, 6.45) is 0. The van der Waals surface area contributed by atoms with Gasteiger partial charge in [0.25, 0.3) is 6.71 Å². The SMILES string of the molecule is Cc1cccc(C)c1N1c2ccc(C(C)(C)C)cc2B2c3cc4c5cc(C(C)(C)C)ccc5n(-c5ccccc5)c4cc3N(c3c(C)cc(-c4cccc5oc6ccccc6c45)cc3C)c3cc(C(C)(C)C)cc1c32. The van der Waals surface area contributed by atoms with Crippen LogP contribution in [0.15, 0.2) is 168 Å². The van der Waals surface area contributed by atoms with Crippen molar-refractivity contribution in [2.45, 2.75) is 106 Å². The molecule has 13 rings (SSSR count). The van der Waals surface area contributed by atoms with Crippen molar-refractivity contribution in [3.05, 3.63) is 203 Å². The van der Waals surface area contributed by atoms with Crippen LogP contribution in [0.2, 0.25) is 0 Å². The quantitative estimate of drug-likeness (QED) is 0.164. The number of fused-ring (bicyclic) bond motifs is 10. The van der Waals surface area contributed by atoms with Gasteiger partial charge in [-0.15, -0.1) is 0 Å². The molecule has 2 aliphatic rings. The van der Waals surface area contributed by atoms with Crippen LogP contribution >= 0.6 is 0 Å². The van der Waals surface area contributed by atoms with Crippen LogP contribution in [0.3, 0.4) is 0 Å². The maximum absolute atomic E-state index is 6.46. The monoisotopic (exact) mass is 976 g/mol. The van der Waals surface area contributed by atoms with Crippen molar-refractivity contribution in [2.75, 3.05) is 9.80 Å². The van der Waals surface area contributed by atoms with Crippen LogP contribution in [0, 0.1) is 27.7 Å². The number of para-hydroxylation sites is 3. The van der Waals surface area contributed by atoms with E-state index < -0.39 is 0 Å². The Morgan fingerprint density at radius 1 is 0.400 bits per heavy atom. The van der Waals surface area contributed by atoms with Crippen molar-refractivity contribution in [2.24, 2.45) is 0 Å². The zero-order chi connectivity index (χ0) is 52.2. The van der Waals surface area contributed by atoms with Gasteiger partial charge < -0.3 is 18.8 Å². The molecule has 0 unspecified atom stereocenters. The average Bonchev–Trinajstić information content (AvgIpc) is 3.99. The number of anilines is 6. The fraction of sp³-hybridized carbons (Fsp3) is 0.229. The summed E-state index contributed by atoms with van der Waals surface area (Å²) in [7, 11) is 0. The largest absolute Gasteiger partial charge is 0.456 e. The Kier molecular flexibility index (Phi) is 10.3. The first kappa shape index (κ1) is 47.0. The molecule has 9 aromatic carbocycles. The number of aromatic nitrogens is 1. The summed E-state index contributed by atoms with van der Waals surface area (Å²) < 4.78 is 8.97. The van der Waals surface area contributed by atoms with Crippen molar-refractivity contribution in [1.82, 2.24) is 4.57 Å². The Bertz CT molecular complexity index is 4140. The minimum atomic E-state index is -0.162. The van der Waals surface area contributed by atoms with Crippen molar-refractivity contribution in [1.29, 1.82) is 0 Å². The van der Waals surface area contributed by atoms with Gasteiger partial charge in [0.15, 0.2) is 0 Å². The summed E-state index contributed by atoms with van der Waals surface area (Å²) in [4.78, 5) is 5.31. The van der Waals surface area contributed by atoms with Crippen molar-refractivity contribution < 1.29 is 4.42 Å². The van der Waals surface area contributed by atoms with Crippen LogP contribution in [0.25, 0.3) is 60.6 Å². The molecule has 0 radical (unpaired) electrons. The van der Waals surface area contributed by atoms with Crippen LogP contribution in [0.1, 0.15) is 101 Å². The van der Waals surface area contributed by atoms with Gasteiger partial charge in [-0.25, -0.2) is 0 Å². The highest BCUT2D eigenvalue weighted by molar-refractivity contribution is 7.00. The molecule has 0 saturated carbocycles. The lowest BCUT2D eigenvalue weighted by atomic mass is 9.33. The van der Waals surface area contributed by atoms with Gasteiger partial charge in [-0.3, -0.25) is 0 Å². The molecule has 0 spiro atoms. The maximum Gasteiger partial charge on any atom is 0.252 e. The third-order valence-electron chi connectivity index (χ3n) is 16.7. The van der Waals surface area contributed by atoms with Gasteiger partial charge in [-0.1, -0.05) is 153 Å². The number of furan rings is 1. The number of benzene rings is 9. The number of hydrogen-bond acceptors (Lipinski definition) is 3. The second-order valence-corrected chi connectivity index (χ2v) is 24.9. The van der Waals surface area contributed by atoms with E-state index in [0.29, 0.717) is 0 Å². The first-order chi connectivity index (χ1) is 35.8. The minimum absolute atomic E-state index is 0.0285. The zero-order valence-electron chi connectivity index (χ0n) is 45.9. The smallest absolute Gasteiger partial charge is 0.252 e. The lowest BCUT2D eigenvalue weighted by molar-refractivity contribution is 0.590. The van der Waals surface area contributed by atoms with E-state index in [1.165, 1.54) is 122 Å². The van der Waals surface area contributed by atoms with E-state index in [4.69, 9.17) is 4.42 Å². The fourth-order valence-corrected chi connectivity index (χ4v) is 12.9. The average molecular weight is 976 g/mol. The lowest BCUT2D eigenvalue weighted by Gasteiger charge is -2.46. The van der Waals surface area contributed by atoms with Gasteiger partial charge in [-0.05, 0) is 183 Å². The normalized spacial score (nSPS) is 13.6. The Balaban J connectivity index is 1.19. The lowest BCUT2D eigenvalue weighted by Crippen LogP contribution is -2.61. The van der Waals surface area contributed by atoms with Crippen molar-refractivity contribution in [3.8, 4) is 16.8 Å². The van der Waals surface area contributed by atoms with Crippen LogP contribution in [-0.2, 0) is 16.2 Å². The summed E-state index contributed by atoms with van der Waals surface area (Å²) in [6.45, 7) is 30.3. The molecule has 370 valence electrons. The molecule has 0 amide bonds. The standard InChI is InChI=1S/C70H66BN3O/c1-41-21-19-22-42(2)66(41)73-57-32-30-47(69(8,9)10)36-54(57)71-55-39-53-52-35-46(68(5,6)7)29-31-56(52)72(49-23-15-14-16-24-49)58(53)40-59(55)74(61-38-48(70(11,12)13)37-60(73)65(61)71)67-43(3)33-45(34-44(67)4)50-26-20-28-63-64(50)51-25-17-18-27-62(51)75-63/h14-40H,1-13H3. The molecular formula is C70H66BN3O. The van der Waals surface area contributed by atoms with Gasteiger partial charge in [-0.2, -0.15) is 0 Å². The van der Waals surface area contributed by atoms with Crippen molar-refractivity contribution >= 4 is 101 Å². The molecule has 0 fully saturated rings. The van der Waals surface area contributed by atoms with E-state index in [1.54, 1.807) is 0 Å². The van der Waals surface area contributed by atoms with E-state index in [1.807, 2.05) is 0 Å². The van der Waals surface area contributed by atoms with E-state index in [-0.39, 0.29) is 23.0 Å². The highest BCUT2D eigenvalue weighted by Gasteiger charge is 2.46.